The van der Waals surface area contributed by atoms with Gasteiger partial charge in [0.1, 0.15) is 5.58 Å². The number of carbonyl (C=O) groups is 1. The number of allylic oxidation sites excluding steroid dienone is 2. The van der Waals surface area contributed by atoms with Gasteiger partial charge in [0.15, 0.2) is 5.78 Å². The zero-order valence-corrected chi connectivity index (χ0v) is 28.3. The molecule has 1 saturated carbocycles. The van der Waals surface area contributed by atoms with Crippen LogP contribution in [0.5, 0.6) is 0 Å². The van der Waals surface area contributed by atoms with E-state index in [0.717, 1.165) is 44.1 Å². The fourth-order valence-electron chi connectivity index (χ4n) is 6.10. The van der Waals surface area contributed by atoms with E-state index in [1.807, 2.05) is 46.0 Å². The summed E-state index contributed by atoms with van der Waals surface area (Å²) in [5.74, 6) is 1.69. The average Bonchev–Trinajstić information content (AvgIpc) is 3.60. The molecule has 0 aliphatic heterocycles. The summed E-state index contributed by atoms with van der Waals surface area (Å²) in [5.41, 5.74) is 6.25. The Morgan fingerprint density at radius 1 is 0.977 bits per heavy atom. The molecule has 0 spiro atoms. The summed E-state index contributed by atoms with van der Waals surface area (Å²) >= 11 is 0. The number of ketones is 1. The van der Waals surface area contributed by atoms with E-state index in [0.29, 0.717) is 30.6 Å². The third-order valence-electron chi connectivity index (χ3n) is 7.95. The van der Waals surface area contributed by atoms with Crippen LogP contribution in [0.25, 0.3) is 44.0 Å². The van der Waals surface area contributed by atoms with Crippen molar-refractivity contribution in [1.29, 1.82) is 0 Å². The molecule has 4 nitrogen and oxygen atoms in total. The number of nitrogens with zero attached hydrogens (tertiary/aromatic N) is 1. The van der Waals surface area contributed by atoms with Gasteiger partial charge in [-0.15, -0.1) is 17.7 Å². The SMILES string of the molecule is CC(C)CC(=O)/C=C(\O)CC(C)C.Cc1[c-]c(-c2nccc3cc(C4CCCC4)ccc23)c2oc3ccccc3c2c1.[Ir]. The quantitative estimate of drug-likeness (QED) is 0.102. The van der Waals surface area contributed by atoms with E-state index >= 15 is 0 Å². The molecule has 0 amide bonds. The van der Waals surface area contributed by atoms with E-state index < -0.39 is 0 Å². The number of hydrogen-bond acceptors (Lipinski definition) is 4. The van der Waals surface area contributed by atoms with Gasteiger partial charge in [-0.3, -0.25) is 4.79 Å². The zero-order chi connectivity index (χ0) is 29.8. The number of carbonyl (C=O) groups excluding carboxylic acids is 1. The minimum atomic E-state index is 0. The Morgan fingerprint density at radius 3 is 2.42 bits per heavy atom. The molecule has 3 aromatic carbocycles. The summed E-state index contributed by atoms with van der Waals surface area (Å²) < 4.78 is 6.28. The van der Waals surface area contributed by atoms with Crippen molar-refractivity contribution in [3.8, 4) is 11.3 Å². The molecule has 2 heterocycles. The van der Waals surface area contributed by atoms with Crippen LogP contribution in [0.4, 0.5) is 0 Å². The van der Waals surface area contributed by atoms with Crippen molar-refractivity contribution in [3.05, 3.63) is 89.8 Å². The largest absolute Gasteiger partial charge is 0.512 e. The molecule has 5 aromatic rings. The smallest absolute Gasteiger partial charge is 0.159 e. The number of pyridine rings is 1. The van der Waals surface area contributed by atoms with Crippen LogP contribution in [-0.4, -0.2) is 15.9 Å². The summed E-state index contributed by atoms with van der Waals surface area (Å²) in [7, 11) is 0. The second kappa shape index (κ2) is 14.5. The van der Waals surface area contributed by atoms with E-state index in [1.165, 1.54) is 42.7 Å². The molecule has 1 radical (unpaired) electrons. The number of rotatable bonds is 7. The Hall–Kier alpha value is -3.27. The van der Waals surface area contributed by atoms with Crippen molar-refractivity contribution in [2.45, 2.75) is 79.1 Å². The second-order valence-electron chi connectivity index (χ2n) is 12.6. The number of aromatic nitrogens is 1. The molecular formula is C38H42IrNO3-. The normalized spacial score (nSPS) is 14.0. The molecule has 1 aliphatic carbocycles. The van der Waals surface area contributed by atoms with Crippen LogP contribution in [-0.2, 0) is 24.9 Å². The summed E-state index contributed by atoms with van der Waals surface area (Å²) in [6, 6.07) is 23.0. The van der Waals surface area contributed by atoms with Crippen LogP contribution < -0.4 is 0 Å². The van der Waals surface area contributed by atoms with Crippen molar-refractivity contribution >= 4 is 38.5 Å². The summed E-state index contributed by atoms with van der Waals surface area (Å²) in [5, 5.41) is 14.0. The number of fused-ring (bicyclic) bond motifs is 4. The molecule has 1 N–H and O–H groups in total. The molecule has 0 atom stereocenters. The first-order valence-electron chi connectivity index (χ1n) is 15.3. The van der Waals surface area contributed by atoms with Gasteiger partial charge < -0.3 is 14.5 Å². The number of benzene rings is 3. The van der Waals surface area contributed by atoms with Crippen LogP contribution in [0, 0.1) is 24.8 Å². The van der Waals surface area contributed by atoms with E-state index in [-0.39, 0.29) is 31.6 Å². The van der Waals surface area contributed by atoms with Crippen molar-refractivity contribution in [2.75, 3.05) is 0 Å². The molecular weight excluding hydrogens is 711 g/mol. The first kappa shape index (κ1) is 32.6. The maximum absolute atomic E-state index is 11.2. The minimum Gasteiger partial charge on any atom is -0.512 e. The van der Waals surface area contributed by atoms with Gasteiger partial charge in [0.2, 0.25) is 0 Å². The van der Waals surface area contributed by atoms with E-state index in [9.17, 15) is 9.90 Å². The molecule has 6 rings (SSSR count). The van der Waals surface area contributed by atoms with Crippen LogP contribution >= 0.6 is 0 Å². The Labute approximate surface area is 268 Å². The van der Waals surface area contributed by atoms with E-state index in [2.05, 4.69) is 55.5 Å². The van der Waals surface area contributed by atoms with Crippen molar-refractivity contribution < 1.29 is 34.4 Å². The minimum absolute atomic E-state index is 0. The number of hydrogen-bond donors (Lipinski definition) is 1. The van der Waals surface area contributed by atoms with Gasteiger partial charge >= 0.3 is 0 Å². The van der Waals surface area contributed by atoms with Crippen molar-refractivity contribution in [1.82, 2.24) is 4.98 Å². The first-order valence-corrected chi connectivity index (χ1v) is 15.3. The van der Waals surface area contributed by atoms with Crippen molar-refractivity contribution in [3.63, 3.8) is 0 Å². The third-order valence-corrected chi connectivity index (χ3v) is 7.95. The Balaban J connectivity index is 0.000000260. The van der Waals surface area contributed by atoms with Gasteiger partial charge in [0.05, 0.1) is 11.3 Å². The van der Waals surface area contributed by atoms with Crippen LogP contribution in [0.3, 0.4) is 0 Å². The fourth-order valence-corrected chi connectivity index (χ4v) is 6.10. The first-order chi connectivity index (χ1) is 20.2. The molecule has 0 saturated heterocycles. The molecule has 43 heavy (non-hydrogen) atoms. The third kappa shape index (κ3) is 7.82. The summed E-state index contributed by atoms with van der Waals surface area (Å²) in [6.45, 7) is 10.1. The molecule has 1 fully saturated rings. The van der Waals surface area contributed by atoms with E-state index in [1.54, 1.807) is 0 Å². The maximum atomic E-state index is 11.2. The number of para-hydroxylation sites is 1. The molecule has 2 aromatic heterocycles. The van der Waals surface area contributed by atoms with E-state index in [4.69, 9.17) is 9.40 Å². The number of furan rings is 1. The van der Waals surface area contributed by atoms with Crippen molar-refractivity contribution in [2.24, 2.45) is 11.8 Å². The second-order valence-corrected chi connectivity index (χ2v) is 12.6. The van der Waals surface area contributed by atoms with Crippen LogP contribution in [0.1, 0.15) is 83.3 Å². The van der Waals surface area contributed by atoms with Crippen LogP contribution in [0.2, 0.25) is 0 Å². The molecule has 0 unspecified atom stereocenters. The molecule has 1 aliphatic rings. The predicted octanol–water partition coefficient (Wildman–Crippen LogP) is 10.7. The number of aliphatic hydroxyl groups is 1. The average molecular weight is 753 g/mol. The van der Waals surface area contributed by atoms with Gasteiger partial charge in [-0.1, -0.05) is 94.8 Å². The molecule has 0 bridgehead atoms. The molecule has 227 valence electrons. The van der Waals surface area contributed by atoms with Gasteiger partial charge in [0.25, 0.3) is 0 Å². The fraction of sp³-hybridized carbons (Fsp3) is 0.368. The number of aliphatic hydroxyl groups excluding tert-OH is 1. The summed E-state index contributed by atoms with van der Waals surface area (Å²) in [6.07, 6.45) is 9.72. The Bertz CT molecular complexity index is 1740. The topological polar surface area (TPSA) is 63.3 Å². The number of aryl methyl sites for hydroxylation is 1. The molecule has 5 heteroatoms. The standard InChI is InChI=1S/C27H22NO.C11H20O2.Ir/c1-17-14-23-22-8-4-5-9-25(22)29-27(23)24(15-17)26-21-11-10-19(18-6-2-3-7-18)16-20(21)12-13-28-26;1-8(2)5-10(12)7-11(13)6-9(3)4;/h4-5,8-14,16,18H,2-3,6-7H2,1H3;7-9,12H,5-6H2,1-4H3;/q-1;;/b;10-7-;. The monoisotopic (exact) mass is 753 g/mol. The van der Waals surface area contributed by atoms with Gasteiger partial charge in [-0.25, -0.2) is 0 Å². The predicted molar refractivity (Wildman–Crippen MR) is 174 cm³/mol. The van der Waals surface area contributed by atoms with Gasteiger partial charge in [-0.2, -0.15) is 0 Å². The summed E-state index contributed by atoms with van der Waals surface area (Å²) in [4.78, 5) is 16.0. The maximum Gasteiger partial charge on any atom is 0.159 e. The Kier molecular flexibility index (Phi) is 11.0. The van der Waals surface area contributed by atoms with Gasteiger partial charge in [-0.05, 0) is 64.8 Å². The van der Waals surface area contributed by atoms with Crippen LogP contribution in [0.15, 0.2) is 77.0 Å². The Morgan fingerprint density at radius 2 is 1.70 bits per heavy atom. The zero-order valence-electron chi connectivity index (χ0n) is 25.9. The van der Waals surface area contributed by atoms with Gasteiger partial charge in [0, 0.05) is 50.6 Å².